The summed E-state index contributed by atoms with van der Waals surface area (Å²) >= 11 is 0. The highest BCUT2D eigenvalue weighted by Crippen LogP contribution is 1.82. The van der Waals surface area contributed by atoms with Gasteiger partial charge in [-0.3, -0.25) is 4.79 Å². The second-order valence-electron chi connectivity index (χ2n) is 1.62. The number of hydrogen-bond acceptors (Lipinski definition) is 3. The van der Waals surface area contributed by atoms with Crippen molar-refractivity contribution in [2.24, 2.45) is 5.73 Å². The number of nitrogens with two attached hydrogens (primary N) is 1. The van der Waals surface area contributed by atoms with Gasteiger partial charge in [0.1, 0.15) is 12.4 Å². The Bertz CT molecular complexity index is 107. The number of ether oxygens (including phenoxy) is 1. The minimum absolute atomic E-state index is 0.0174. The number of rotatable bonds is 3. The Morgan fingerprint density at radius 2 is 2.11 bits per heavy atom. The van der Waals surface area contributed by atoms with Crippen molar-refractivity contribution in [1.82, 2.24) is 0 Å². The maximum absolute atomic E-state index is 10.2. The van der Waals surface area contributed by atoms with Crippen molar-refractivity contribution in [1.29, 1.82) is 0 Å². The van der Waals surface area contributed by atoms with E-state index in [1.807, 2.05) is 0 Å². The monoisotopic (exact) mass is 131 g/mol. The lowest BCUT2D eigenvalue weighted by Crippen LogP contribution is -2.14. The fourth-order valence-corrected chi connectivity index (χ4v) is 0.295. The van der Waals surface area contributed by atoms with E-state index in [0.717, 1.165) is 0 Å². The Balaban J connectivity index is 3.10. The van der Waals surface area contributed by atoms with Crippen LogP contribution >= 0.6 is 0 Å². The topological polar surface area (TPSA) is 69.4 Å². The van der Waals surface area contributed by atoms with Crippen LogP contribution in [-0.2, 0) is 9.53 Å². The van der Waals surface area contributed by atoms with Crippen LogP contribution in [0.3, 0.4) is 0 Å². The molecule has 0 aromatic carbocycles. The summed E-state index contributed by atoms with van der Waals surface area (Å²) in [6, 6.07) is 0. The molecule has 0 heterocycles. The predicted molar refractivity (Wildman–Crippen MR) is 30.8 cm³/mol. The maximum atomic E-state index is 10.2. The molecule has 2 N–H and O–H groups in total. The molecule has 0 aliphatic heterocycles. The SMILES string of the molecule is CC(=O)CCOC(N)=O. The molecule has 0 saturated carbocycles. The molecule has 4 nitrogen and oxygen atoms in total. The Morgan fingerprint density at radius 3 is 2.44 bits per heavy atom. The first-order chi connectivity index (χ1) is 4.13. The quantitative estimate of drug-likeness (QED) is 0.588. The number of carbonyl (C=O) groups is 2. The third-order valence-corrected chi connectivity index (χ3v) is 0.698. The van der Waals surface area contributed by atoms with Gasteiger partial charge in [0.2, 0.25) is 0 Å². The van der Waals surface area contributed by atoms with Crippen LogP contribution < -0.4 is 5.73 Å². The molecule has 0 rings (SSSR count). The summed E-state index contributed by atoms with van der Waals surface area (Å²) in [6.07, 6.45) is -0.598. The Kier molecular flexibility index (Phi) is 3.43. The van der Waals surface area contributed by atoms with Gasteiger partial charge in [-0.25, -0.2) is 4.79 Å². The first kappa shape index (κ1) is 7.94. The smallest absolute Gasteiger partial charge is 0.404 e. The maximum Gasteiger partial charge on any atom is 0.404 e. The molecule has 0 spiro atoms. The molecule has 9 heavy (non-hydrogen) atoms. The standard InChI is InChI=1S/C5H9NO3/c1-4(7)2-3-9-5(6)8/h2-3H2,1H3,(H2,6,8). The summed E-state index contributed by atoms with van der Waals surface area (Å²) in [5.41, 5.74) is 4.61. The van der Waals surface area contributed by atoms with E-state index in [1.54, 1.807) is 0 Å². The van der Waals surface area contributed by atoms with Gasteiger partial charge in [0.25, 0.3) is 0 Å². The van der Waals surface area contributed by atoms with E-state index in [0.29, 0.717) is 0 Å². The van der Waals surface area contributed by atoms with Crippen molar-refractivity contribution in [2.75, 3.05) is 6.61 Å². The summed E-state index contributed by atoms with van der Waals surface area (Å²) in [4.78, 5) is 20.1. The van der Waals surface area contributed by atoms with Gasteiger partial charge in [0.15, 0.2) is 0 Å². The first-order valence-electron chi connectivity index (χ1n) is 2.54. The average Bonchev–Trinajstić information content (AvgIpc) is 1.63. The van der Waals surface area contributed by atoms with Gasteiger partial charge < -0.3 is 10.5 Å². The van der Waals surface area contributed by atoms with Gasteiger partial charge in [-0.05, 0) is 6.92 Å². The molecule has 0 aliphatic carbocycles. The summed E-state index contributed by atoms with van der Waals surface area (Å²) in [7, 11) is 0. The van der Waals surface area contributed by atoms with Gasteiger partial charge in [0, 0.05) is 6.42 Å². The summed E-state index contributed by atoms with van der Waals surface area (Å²) < 4.78 is 4.27. The fraction of sp³-hybridized carbons (Fsp3) is 0.600. The van der Waals surface area contributed by atoms with Crippen LogP contribution in [0, 0.1) is 0 Å². The Hall–Kier alpha value is -1.06. The van der Waals surface area contributed by atoms with Crippen molar-refractivity contribution in [2.45, 2.75) is 13.3 Å². The summed E-state index contributed by atoms with van der Waals surface area (Å²) in [6.45, 7) is 1.51. The molecule has 0 atom stereocenters. The number of ketones is 1. The van der Waals surface area contributed by atoms with E-state index in [9.17, 15) is 9.59 Å². The second-order valence-corrected chi connectivity index (χ2v) is 1.62. The molecule has 0 aliphatic rings. The second kappa shape index (κ2) is 3.88. The molecule has 0 saturated heterocycles. The van der Waals surface area contributed by atoms with Crippen LogP contribution in [0.4, 0.5) is 4.79 Å². The third kappa shape index (κ3) is 6.94. The average molecular weight is 131 g/mol. The highest BCUT2D eigenvalue weighted by Gasteiger charge is 1.95. The van der Waals surface area contributed by atoms with E-state index in [2.05, 4.69) is 10.5 Å². The first-order valence-corrected chi connectivity index (χ1v) is 2.54. The van der Waals surface area contributed by atoms with Gasteiger partial charge in [-0.15, -0.1) is 0 Å². The normalized spacial score (nSPS) is 8.56. The number of carbonyl (C=O) groups excluding carboxylic acids is 2. The highest BCUT2D eigenvalue weighted by molar-refractivity contribution is 5.75. The van der Waals surface area contributed by atoms with Crippen LogP contribution in [0.5, 0.6) is 0 Å². The van der Waals surface area contributed by atoms with Gasteiger partial charge in [0.05, 0.1) is 0 Å². The molecule has 4 heteroatoms. The Labute approximate surface area is 53.0 Å². The van der Waals surface area contributed by atoms with E-state index >= 15 is 0 Å². The zero-order chi connectivity index (χ0) is 7.28. The summed E-state index contributed by atoms with van der Waals surface area (Å²) in [5.74, 6) is -0.0174. The highest BCUT2D eigenvalue weighted by atomic mass is 16.5. The lowest BCUT2D eigenvalue weighted by Gasteiger charge is -1.95. The Morgan fingerprint density at radius 1 is 1.56 bits per heavy atom. The fourth-order valence-electron chi connectivity index (χ4n) is 0.295. The van der Waals surface area contributed by atoms with Crippen LogP contribution in [0.25, 0.3) is 0 Å². The minimum Gasteiger partial charge on any atom is -0.449 e. The molecule has 0 aromatic heterocycles. The van der Waals surface area contributed by atoms with Crippen molar-refractivity contribution in [3.05, 3.63) is 0 Å². The minimum atomic E-state index is -0.837. The molecule has 0 radical (unpaired) electrons. The van der Waals surface area contributed by atoms with Crippen molar-refractivity contribution in [3.63, 3.8) is 0 Å². The van der Waals surface area contributed by atoms with Crippen molar-refractivity contribution in [3.8, 4) is 0 Å². The number of Topliss-reactive ketones (excluding diaryl/α,β-unsaturated/α-hetero) is 1. The van der Waals surface area contributed by atoms with E-state index in [4.69, 9.17) is 0 Å². The lowest BCUT2D eigenvalue weighted by molar-refractivity contribution is -0.117. The molecule has 0 unspecified atom stereocenters. The summed E-state index contributed by atoms with van der Waals surface area (Å²) in [5, 5.41) is 0. The van der Waals surface area contributed by atoms with Crippen LogP contribution in [0.15, 0.2) is 0 Å². The molecule has 0 fully saturated rings. The van der Waals surface area contributed by atoms with E-state index in [-0.39, 0.29) is 18.8 Å². The van der Waals surface area contributed by atoms with Gasteiger partial charge in [-0.2, -0.15) is 0 Å². The third-order valence-electron chi connectivity index (χ3n) is 0.698. The van der Waals surface area contributed by atoms with Gasteiger partial charge in [-0.1, -0.05) is 0 Å². The molecule has 0 aromatic rings. The van der Waals surface area contributed by atoms with E-state index < -0.39 is 6.09 Å². The van der Waals surface area contributed by atoms with Crippen LogP contribution in [-0.4, -0.2) is 18.5 Å². The van der Waals surface area contributed by atoms with Crippen LogP contribution in [0.2, 0.25) is 0 Å². The lowest BCUT2D eigenvalue weighted by atomic mass is 10.3. The zero-order valence-electron chi connectivity index (χ0n) is 5.22. The largest absolute Gasteiger partial charge is 0.449 e. The number of amides is 1. The number of hydrogen-bond donors (Lipinski definition) is 1. The molecule has 52 valence electrons. The number of primary amides is 1. The van der Waals surface area contributed by atoms with E-state index in [1.165, 1.54) is 6.92 Å². The molecule has 1 amide bonds. The molecular weight excluding hydrogens is 122 g/mol. The zero-order valence-corrected chi connectivity index (χ0v) is 5.22. The molecular formula is C5H9NO3. The van der Waals surface area contributed by atoms with Crippen molar-refractivity contribution < 1.29 is 14.3 Å². The molecule has 0 bridgehead atoms. The van der Waals surface area contributed by atoms with Gasteiger partial charge >= 0.3 is 6.09 Å². The van der Waals surface area contributed by atoms with Crippen LogP contribution in [0.1, 0.15) is 13.3 Å². The van der Waals surface area contributed by atoms with Crippen molar-refractivity contribution >= 4 is 11.9 Å². The predicted octanol–water partition coefficient (Wildman–Crippen LogP) is 0.0608.